The molecule has 1 unspecified atom stereocenters. The number of nitrogens with zero attached hydrogens (tertiary/aromatic N) is 2. The zero-order chi connectivity index (χ0) is 28.4. The lowest BCUT2D eigenvalue weighted by atomic mass is 9.97. The van der Waals surface area contributed by atoms with Crippen LogP contribution < -0.4 is 9.47 Å². The highest BCUT2D eigenvalue weighted by atomic mass is 16.5. The molecule has 0 bridgehead atoms. The van der Waals surface area contributed by atoms with Gasteiger partial charge >= 0.3 is 5.97 Å². The van der Waals surface area contributed by atoms with Gasteiger partial charge in [-0.2, -0.15) is 0 Å². The van der Waals surface area contributed by atoms with Crippen LogP contribution in [0.3, 0.4) is 0 Å². The molecule has 1 heterocycles. The van der Waals surface area contributed by atoms with Gasteiger partial charge < -0.3 is 9.47 Å². The van der Waals surface area contributed by atoms with Crippen molar-refractivity contribution in [2.45, 2.75) is 104 Å². The van der Waals surface area contributed by atoms with Crippen molar-refractivity contribution in [3.63, 3.8) is 0 Å². The minimum atomic E-state index is -0.167. The van der Waals surface area contributed by atoms with Gasteiger partial charge in [-0.05, 0) is 60.7 Å². The first-order valence-electron chi connectivity index (χ1n) is 15.5. The van der Waals surface area contributed by atoms with E-state index in [1.54, 1.807) is 0 Å². The minimum Gasteiger partial charge on any atom is -0.494 e. The molecule has 0 saturated carbocycles. The van der Waals surface area contributed by atoms with Gasteiger partial charge in [-0.25, -0.2) is 9.97 Å². The summed E-state index contributed by atoms with van der Waals surface area (Å²) in [6.45, 7) is 7.50. The van der Waals surface area contributed by atoms with Crippen molar-refractivity contribution >= 4 is 5.97 Å². The third-order valence-corrected chi connectivity index (χ3v) is 7.33. The molecule has 0 radical (unpaired) electrons. The van der Waals surface area contributed by atoms with Crippen molar-refractivity contribution in [3.05, 3.63) is 60.9 Å². The number of esters is 1. The quantitative estimate of drug-likeness (QED) is 0.0853. The van der Waals surface area contributed by atoms with Crippen LogP contribution in [-0.4, -0.2) is 22.5 Å². The molecule has 5 nitrogen and oxygen atoms in total. The van der Waals surface area contributed by atoms with Crippen molar-refractivity contribution in [2.75, 3.05) is 6.61 Å². The molecule has 0 fully saturated rings. The first kappa shape index (κ1) is 31.3. The SMILES string of the molecule is CCCCCCCCOc1ccc(-c2ncc(-c3ccc(OC(=O)CCCC(C)CCCCC)cc3)cn2)cc1. The Labute approximate surface area is 241 Å². The third-order valence-electron chi connectivity index (χ3n) is 7.33. The number of rotatable bonds is 19. The van der Waals surface area contributed by atoms with E-state index in [-0.39, 0.29) is 5.97 Å². The fourth-order valence-electron chi connectivity index (χ4n) is 4.78. The molecule has 216 valence electrons. The predicted molar refractivity (Wildman–Crippen MR) is 165 cm³/mol. The first-order valence-corrected chi connectivity index (χ1v) is 15.5. The Bertz CT molecular complexity index is 1090. The van der Waals surface area contributed by atoms with Gasteiger partial charge in [0.25, 0.3) is 0 Å². The normalized spacial score (nSPS) is 11.8. The van der Waals surface area contributed by atoms with Gasteiger partial charge in [-0.15, -0.1) is 0 Å². The Balaban J connectivity index is 1.41. The van der Waals surface area contributed by atoms with Crippen LogP contribution in [0.25, 0.3) is 22.5 Å². The Kier molecular flexibility index (Phi) is 14.2. The molecule has 0 aliphatic carbocycles. The number of carbonyl (C=O) groups is 1. The molecule has 0 amide bonds. The molecular weight excluding hydrogens is 496 g/mol. The molecule has 0 aliphatic rings. The van der Waals surface area contributed by atoms with Gasteiger partial charge in [0, 0.05) is 29.9 Å². The molecule has 0 saturated heterocycles. The largest absolute Gasteiger partial charge is 0.494 e. The summed E-state index contributed by atoms with van der Waals surface area (Å²) in [5.41, 5.74) is 2.85. The van der Waals surface area contributed by atoms with E-state index in [1.807, 2.05) is 60.9 Å². The van der Waals surface area contributed by atoms with Crippen LogP contribution in [0.2, 0.25) is 0 Å². The topological polar surface area (TPSA) is 61.3 Å². The number of ether oxygens (including phenoxy) is 2. The molecule has 1 aromatic heterocycles. The fourth-order valence-corrected chi connectivity index (χ4v) is 4.78. The van der Waals surface area contributed by atoms with Crippen LogP contribution in [0.15, 0.2) is 60.9 Å². The van der Waals surface area contributed by atoms with E-state index in [4.69, 9.17) is 9.47 Å². The van der Waals surface area contributed by atoms with E-state index < -0.39 is 0 Å². The van der Waals surface area contributed by atoms with Crippen molar-refractivity contribution in [1.29, 1.82) is 0 Å². The van der Waals surface area contributed by atoms with Crippen LogP contribution >= 0.6 is 0 Å². The minimum absolute atomic E-state index is 0.167. The second-order valence-corrected chi connectivity index (χ2v) is 10.9. The highest BCUT2D eigenvalue weighted by Crippen LogP contribution is 2.25. The maximum atomic E-state index is 12.3. The van der Waals surface area contributed by atoms with Crippen LogP contribution in [0.1, 0.15) is 104 Å². The lowest BCUT2D eigenvalue weighted by Crippen LogP contribution is -2.08. The number of hydrogen-bond donors (Lipinski definition) is 0. The van der Waals surface area contributed by atoms with Crippen molar-refractivity contribution in [1.82, 2.24) is 9.97 Å². The molecule has 5 heteroatoms. The molecule has 2 aromatic carbocycles. The Morgan fingerprint density at radius 3 is 1.95 bits per heavy atom. The van der Waals surface area contributed by atoms with E-state index >= 15 is 0 Å². The first-order chi connectivity index (χ1) is 19.6. The van der Waals surface area contributed by atoms with Crippen molar-refractivity contribution < 1.29 is 14.3 Å². The molecule has 3 aromatic rings. The lowest BCUT2D eigenvalue weighted by molar-refractivity contribution is -0.134. The van der Waals surface area contributed by atoms with Gasteiger partial charge in [0.15, 0.2) is 5.82 Å². The zero-order valence-electron chi connectivity index (χ0n) is 24.9. The highest BCUT2D eigenvalue weighted by Gasteiger charge is 2.09. The van der Waals surface area contributed by atoms with E-state index in [2.05, 4.69) is 30.7 Å². The summed E-state index contributed by atoms with van der Waals surface area (Å²) >= 11 is 0. The van der Waals surface area contributed by atoms with Crippen LogP contribution in [0.5, 0.6) is 11.5 Å². The van der Waals surface area contributed by atoms with E-state index in [0.717, 1.165) is 48.3 Å². The lowest BCUT2D eigenvalue weighted by Gasteiger charge is -2.10. The van der Waals surface area contributed by atoms with Crippen LogP contribution in [0.4, 0.5) is 0 Å². The number of benzene rings is 2. The summed E-state index contributed by atoms with van der Waals surface area (Å²) in [4.78, 5) is 21.4. The summed E-state index contributed by atoms with van der Waals surface area (Å²) in [5.74, 6) is 2.63. The van der Waals surface area contributed by atoms with E-state index in [1.165, 1.54) is 57.8 Å². The van der Waals surface area contributed by atoms with Gasteiger partial charge in [0.1, 0.15) is 11.5 Å². The van der Waals surface area contributed by atoms with E-state index in [0.29, 0.717) is 23.9 Å². The summed E-state index contributed by atoms with van der Waals surface area (Å²) in [6, 6.07) is 15.5. The summed E-state index contributed by atoms with van der Waals surface area (Å²) in [5, 5.41) is 0. The maximum Gasteiger partial charge on any atom is 0.311 e. The summed E-state index contributed by atoms with van der Waals surface area (Å²) in [6.07, 6.45) is 18.7. The van der Waals surface area contributed by atoms with E-state index in [9.17, 15) is 4.79 Å². The number of hydrogen-bond acceptors (Lipinski definition) is 5. The summed E-state index contributed by atoms with van der Waals surface area (Å²) in [7, 11) is 0. The average molecular weight is 545 g/mol. The molecule has 0 N–H and O–H groups in total. The standard InChI is InChI=1S/C35H48N2O3/c1-4-6-8-9-10-12-25-39-32-21-19-30(20-22-32)35-36-26-31(27-37-35)29-17-23-33(24-18-29)40-34(38)16-13-15-28(3)14-11-7-5-2/h17-24,26-28H,4-16,25H2,1-3H3. The third kappa shape index (κ3) is 11.5. The van der Waals surface area contributed by atoms with Crippen molar-refractivity contribution in [2.24, 2.45) is 5.92 Å². The second kappa shape index (κ2) is 18.2. The monoisotopic (exact) mass is 544 g/mol. The van der Waals surface area contributed by atoms with Gasteiger partial charge in [0.05, 0.1) is 6.61 Å². The molecular formula is C35H48N2O3. The number of carbonyl (C=O) groups excluding carboxylic acids is 1. The fraction of sp³-hybridized carbons (Fsp3) is 0.514. The Morgan fingerprint density at radius 1 is 0.675 bits per heavy atom. The van der Waals surface area contributed by atoms with Crippen LogP contribution in [-0.2, 0) is 4.79 Å². The zero-order valence-corrected chi connectivity index (χ0v) is 24.9. The molecule has 0 aliphatic heterocycles. The Morgan fingerprint density at radius 2 is 1.25 bits per heavy atom. The predicted octanol–water partition coefficient (Wildman–Crippen LogP) is 9.84. The Hall–Kier alpha value is -3.21. The van der Waals surface area contributed by atoms with Gasteiger partial charge in [0.2, 0.25) is 0 Å². The van der Waals surface area contributed by atoms with Gasteiger partial charge in [-0.1, -0.05) is 97.1 Å². The smallest absolute Gasteiger partial charge is 0.311 e. The van der Waals surface area contributed by atoms with Crippen LogP contribution in [0, 0.1) is 5.92 Å². The van der Waals surface area contributed by atoms with Gasteiger partial charge in [-0.3, -0.25) is 4.79 Å². The maximum absolute atomic E-state index is 12.3. The second-order valence-electron chi connectivity index (χ2n) is 10.9. The highest BCUT2D eigenvalue weighted by molar-refractivity contribution is 5.73. The molecule has 1 atom stereocenters. The average Bonchev–Trinajstić information content (AvgIpc) is 2.98. The number of unbranched alkanes of at least 4 members (excludes halogenated alkanes) is 7. The summed E-state index contributed by atoms with van der Waals surface area (Å²) < 4.78 is 11.4. The molecule has 3 rings (SSSR count). The number of aromatic nitrogens is 2. The molecule has 0 spiro atoms. The molecule has 40 heavy (non-hydrogen) atoms. The van der Waals surface area contributed by atoms with Crippen molar-refractivity contribution in [3.8, 4) is 34.0 Å².